The predicted molar refractivity (Wildman–Crippen MR) is 82.3 cm³/mol. The molecule has 1 aliphatic rings. The van der Waals surface area contributed by atoms with Crippen molar-refractivity contribution in [3.05, 3.63) is 44.9 Å². The number of nitro benzene ring substituents is 1. The van der Waals surface area contributed by atoms with Crippen molar-refractivity contribution in [1.82, 2.24) is 0 Å². The molecule has 2 rings (SSSR count). The summed E-state index contributed by atoms with van der Waals surface area (Å²) in [6.45, 7) is 3.93. The molecule has 1 saturated carbocycles. The average Bonchev–Trinajstić information content (AvgIpc) is 2.90. The van der Waals surface area contributed by atoms with Crippen molar-refractivity contribution in [2.75, 3.05) is 5.32 Å². The highest BCUT2D eigenvalue weighted by Crippen LogP contribution is 2.60. The van der Waals surface area contributed by atoms with Gasteiger partial charge in [0.1, 0.15) is 4.49 Å². The summed E-state index contributed by atoms with van der Waals surface area (Å²) in [7, 11) is 0. The summed E-state index contributed by atoms with van der Waals surface area (Å²) < 4.78 is 0.152. The number of halogens is 2. The normalized spacial score (nSPS) is 22.3. The average molecular weight is 329 g/mol. The van der Waals surface area contributed by atoms with Crippen molar-refractivity contribution >= 4 is 40.5 Å². The zero-order valence-electron chi connectivity index (χ0n) is 11.5. The number of rotatable bonds is 4. The molecule has 1 aliphatic carbocycles. The molecule has 5 nitrogen and oxygen atoms in total. The van der Waals surface area contributed by atoms with E-state index in [1.807, 2.05) is 13.8 Å². The highest BCUT2D eigenvalue weighted by atomic mass is 35.5. The second-order valence-electron chi connectivity index (χ2n) is 5.57. The number of allylic oxidation sites excluding steroid dienone is 1. The van der Waals surface area contributed by atoms with E-state index in [1.165, 1.54) is 24.3 Å². The Bertz CT molecular complexity index is 607. The van der Waals surface area contributed by atoms with Gasteiger partial charge in [-0.05, 0) is 29.5 Å². The number of nitrogens with one attached hydrogen (secondary N) is 1. The SMILES string of the molecule is CC1(C)[C@H](C=C(Cl)Cl)[C@@H]1C(=O)Nc1ccc([N+](=O)[O-])cc1. The first kappa shape index (κ1) is 15.8. The molecular weight excluding hydrogens is 315 g/mol. The van der Waals surface area contributed by atoms with Gasteiger partial charge in [-0.1, -0.05) is 37.0 Å². The van der Waals surface area contributed by atoms with E-state index in [-0.39, 0.29) is 33.3 Å². The van der Waals surface area contributed by atoms with E-state index in [9.17, 15) is 14.9 Å². The predicted octanol–water partition coefficient (Wildman–Crippen LogP) is 4.12. The van der Waals surface area contributed by atoms with Crippen LogP contribution in [0.3, 0.4) is 0 Å². The lowest BCUT2D eigenvalue weighted by atomic mass is 10.1. The van der Waals surface area contributed by atoms with Crippen LogP contribution in [0, 0.1) is 27.4 Å². The molecule has 2 atom stereocenters. The molecule has 0 unspecified atom stereocenters. The first-order valence-electron chi connectivity index (χ1n) is 6.31. The molecule has 21 heavy (non-hydrogen) atoms. The Kier molecular flexibility index (Phi) is 4.25. The van der Waals surface area contributed by atoms with Crippen LogP contribution < -0.4 is 5.32 Å². The van der Waals surface area contributed by atoms with Gasteiger partial charge in [0, 0.05) is 17.8 Å². The molecule has 0 spiro atoms. The van der Waals surface area contributed by atoms with Crippen LogP contribution in [0.4, 0.5) is 11.4 Å². The Morgan fingerprint density at radius 3 is 2.38 bits per heavy atom. The Hall–Kier alpha value is -1.59. The summed E-state index contributed by atoms with van der Waals surface area (Å²) in [6, 6.07) is 5.71. The van der Waals surface area contributed by atoms with Gasteiger partial charge in [-0.25, -0.2) is 0 Å². The van der Waals surface area contributed by atoms with Gasteiger partial charge < -0.3 is 5.32 Å². The number of carbonyl (C=O) groups excluding carboxylic acids is 1. The molecule has 1 N–H and O–H groups in total. The third kappa shape index (κ3) is 3.36. The van der Waals surface area contributed by atoms with Gasteiger partial charge in [-0.15, -0.1) is 0 Å². The minimum absolute atomic E-state index is 0.0134. The minimum atomic E-state index is -0.487. The fourth-order valence-electron chi connectivity index (χ4n) is 2.51. The molecule has 0 aromatic heterocycles. The molecule has 112 valence electrons. The maximum Gasteiger partial charge on any atom is 0.269 e. The zero-order chi connectivity index (χ0) is 15.8. The van der Waals surface area contributed by atoms with Crippen molar-refractivity contribution in [1.29, 1.82) is 0 Å². The van der Waals surface area contributed by atoms with Gasteiger partial charge in [0.05, 0.1) is 10.8 Å². The van der Waals surface area contributed by atoms with Crippen LogP contribution in [0.2, 0.25) is 0 Å². The molecule has 1 aromatic carbocycles. The third-order valence-electron chi connectivity index (χ3n) is 3.84. The van der Waals surface area contributed by atoms with Crippen molar-refractivity contribution in [3.8, 4) is 0 Å². The van der Waals surface area contributed by atoms with E-state index in [1.54, 1.807) is 6.08 Å². The van der Waals surface area contributed by atoms with E-state index >= 15 is 0 Å². The molecular formula is C14H14Cl2N2O3. The second-order valence-corrected chi connectivity index (χ2v) is 6.58. The van der Waals surface area contributed by atoms with Crippen LogP contribution in [-0.4, -0.2) is 10.8 Å². The van der Waals surface area contributed by atoms with Crippen LogP contribution in [0.1, 0.15) is 13.8 Å². The summed E-state index contributed by atoms with van der Waals surface area (Å²) >= 11 is 11.3. The van der Waals surface area contributed by atoms with Crippen molar-refractivity contribution < 1.29 is 9.72 Å². The van der Waals surface area contributed by atoms with Gasteiger partial charge in [-0.3, -0.25) is 14.9 Å². The Morgan fingerprint density at radius 2 is 1.90 bits per heavy atom. The Morgan fingerprint density at radius 1 is 1.33 bits per heavy atom. The number of non-ortho nitro benzene ring substituents is 1. The monoisotopic (exact) mass is 328 g/mol. The molecule has 0 aliphatic heterocycles. The summed E-state index contributed by atoms with van der Waals surface area (Å²) in [5, 5.41) is 13.3. The second kappa shape index (κ2) is 5.66. The Labute approximate surface area is 132 Å². The molecule has 7 heteroatoms. The molecule has 0 saturated heterocycles. The van der Waals surface area contributed by atoms with Crippen molar-refractivity contribution in [3.63, 3.8) is 0 Å². The lowest BCUT2D eigenvalue weighted by molar-refractivity contribution is -0.384. The molecule has 1 amide bonds. The summed E-state index contributed by atoms with van der Waals surface area (Å²) in [4.78, 5) is 22.3. The number of hydrogen-bond acceptors (Lipinski definition) is 3. The molecule has 0 radical (unpaired) electrons. The maximum atomic E-state index is 12.2. The fraction of sp³-hybridized carbons (Fsp3) is 0.357. The van der Waals surface area contributed by atoms with Crippen LogP contribution in [0.25, 0.3) is 0 Å². The van der Waals surface area contributed by atoms with Crippen LogP contribution >= 0.6 is 23.2 Å². The molecule has 1 fully saturated rings. The third-order valence-corrected chi connectivity index (χ3v) is 4.10. The van der Waals surface area contributed by atoms with Crippen molar-refractivity contribution in [2.24, 2.45) is 17.3 Å². The van der Waals surface area contributed by atoms with Gasteiger partial charge in [0.2, 0.25) is 5.91 Å². The fourth-order valence-corrected chi connectivity index (χ4v) is 2.78. The summed E-state index contributed by atoms with van der Waals surface area (Å²) in [5.74, 6) is -0.384. The highest BCUT2D eigenvalue weighted by molar-refractivity contribution is 6.55. The number of hydrogen-bond donors (Lipinski definition) is 1. The zero-order valence-corrected chi connectivity index (χ0v) is 13.0. The molecule has 1 aromatic rings. The van der Waals surface area contributed by atoms with E-state index in [2.05, 4.69) is 5.32 Å². The lowest BCUT2D eigenvalue weighted by Gasteiger charge is -2.05. The first-order valence-corrected chi connectivity index (χ1v) is 7.07. The van der Waals surface area contributed by atoms with Crippen LogP contribution in [-0.2, 0) is 4.79 Å². The number of amides is 1. The summed E-state index contributed by atoms with van der Waals surface area (Å²) in [5.41, 5.74) is 0.294. The number of benzene rings is 1. The van der Waals surface area contributed by atoms with Gasteiger partial charge in [-0.2, -0.15) is 0 Å². The molecule has 0 bridgehead atoms. The van der Waals surface area contributed by atoms with Crippen molar-refractivity contribution in [2.45, 2.75) is 13.8 Å². The number of carbonyl (C=O) groups is 1. The first-order chi connectivity index (χ1) is 9.73. The highest BCUT2D eigenvalue weighted by Gasteiger charge is 2.60. The summed E-state index contributed by atoms with van der Waals surface area (Å²) in [6.07, 6.45) is 1.67. The van der Waals surface area contributed by atoms with E-state index in [0.29, 0.717) is 5.69 Å². The number of nitro groups is 1. The largest absolute Gasteiger partial charge is 0.326 e. The smallest absolute Gasteiger partial charge is 0.269 e. The molecule has 0 heterocycles. The minimum Gasteiger partial charge on any atom is -0.326 e. The van der Waals surface area contributed by atoms with Gasteiger partial charge in [0.25, 0.3) is 5.69 Å². The van der Waals surface area contributed by atoms with Crippen LogP contribution in [0.5, 0.6) is 0 Å². The Balaban J connectivity index is 2.05. The van der Waals surface area contributed by atoms with E-state index < -0.39 is 4.92 Å². The standard InChI is InChI=1S/C14H14Cl2N2O3/c1-14(2)10(7-11(15)16)12(14)13(19)17-8-3-5-9(6-4-8)18(20)21/h3-7,10,12H,1-2H3,(H,17,19)/t10-,12-/m1/s1. The number of nitrogens with zero attached hydrogens (tertiary/aromatic N) is 1. The quantitative estimate of drug-likeness (QED) is 0.667. The number of anilines is 1. The maximum absolute atomic E-state index is 12.2. The van der Waals surface area contributed by atoms with Gasteiger partial charge >= 0.3 is 0 Å². The topological polar surface area (TPSA) is 72.2 Å². The lowest BCUT2D eigenvalue weighted by Crippen LogP contribution is -2.16. The van der Waals surface area contributed by atoms with E-state index in [0.717, 1.165) is 0 Å². The van der Waals surface area contributed by atoms with Crippen LogP contribution in [0.15, 0.2) is 34.8 Å². The van der Waals surface area contributed by atoms with Gasteiger partial charge in [0.15, 0.2) is 0 Å². The van der Waals surface area contributed by atoms with E-state index in [4.69, 9.17) is 23.2 Å².